The zero-order valence-corrected chi connectivity index (χ0v) is 33.7. The van der Waals surface area contributed by atoms with Crippen molar-refractivity contribution in [1.29, 1.82) is 0 Å². The number of carboxylic acids is 1. The minimum absolute atomic E-state index is 0.00937. The van der Waals surface area contributed by atoms with E-state index in [2.05, 4.69) is 21.3 Å². The fraction of sp³-hybridized carbons (Fsp3) is 0.524. The van der Waals surface area contributed by atoms with E-state index in [-0.39, 0.29) is 42.3 Å². The number of nitrogens with two attached hydrogens (primary N) is 1. The molecular weight excluding hydrogens is 748 g/mol. The topological polar surface area (TPSA) is 243 Å². The predicted octanol–water partition coefficient (Wildman–Crippen LogP) is 2.41. The van der Waals surface area contributed by atoms with E-state index in [0.717, 1.165) is 19.3 Å². The molecule has 2 aromatic carbocycles. The number of likely N-dealkylation sites (tertiary alicyclic amines) is 1. The van der Waals surface area contributed by atoms with E-state index in [1.165, 1.54) is 29.2 Å². The number of aromatic carboxylic acids is 1. The van der Waals surface area contributed by atoms with Gasteiger partial charge in [0.15, 0.2) is 0 Å². The minimum Gasteiger partial charge on any atom is -0.478 e. The molecule has 4 rings (SSSR count). The van der Waals surface area contributed by atoms with Gasteiger partial charge in [0.05, 0.1) is 29.9 Å². The summed E-state index contributed by atoms with van der Waals surface area (Å²) in [6.07, 6.45) is 3.46. The number of ether oxygens (including phenoxy) is 1. The zero-order valence-electron chi connectivity index (χ0n) is 33.7. The zero-order chi connectivity index (χ0) is 42.7. The molecule has 16 nitrogen and oxygen atoms in total. The van der Waals surface area contributed by atoms with E-state index < -0.39 is 89.6 Å². The summed E-state index contributed by atoms with van der Waals surface area (Å²) in [5.74, 6) is -7.26. The Morgan fingerprint density at radius 2 is 1.53 bits per heavy atom. The maximum absolute atomic E-state index is 14.7. The Balaban J connectivity index is 1.53. The van der Waals surface area contributed by atoms with Gasteiger partial charge in [-0.25, -0.2) is 4.79 Å². The van der Waals surface area contributed by atoms with Gasteiger partial charge < -0.3 is 41.7 Å². The Morgan fingerprint density at radius 1 is 0.879 bits per heavy atom. The highest BCUT2D eigenvalue weighted by Crippen LogP contribution is 2.31. The monoisotopic (exact) mass is 804 g/mol. The largest absolute Gasteiger partial charge is 0.478 e. The van der Waals surface area contributed by atoms with Gasteiger partial charge in [-0.05, 0) is 75.6 Å². The van der Waals surface area contributed by atoms with Gasteiger partial charge in [0.1, 0.15) is 18.1 Å². The van der Waals surface area contributed by atoms with Gasteiger partial charge in [0.25, 0.3) is 11.8 Å². The Morgan fingerprint density at radius 3 is 2.14 bits per heavy atom. The van der Waals surface area contributed by atoms with Crippen LogP contribution < -0.4 is 27.0 Å². The van der Waals surface area contributed by atoms with Crippen LogP contribution in [-0.2, 0) is 33.5 Å². The molecule has 2 fully saturated rings. The van der Waals surface area contributed by atoms with Gasteiger partial charge >= 0.3 is 5.97 Å². The lowest BCUT2D eigenvalue weighted by atomic mass is 9.83. The van der Waals surface area contributed by atoms with Crippen molar-refractivity contribution in [3.8, 4) is 0 Å². The standard InChI is InChI=1S/C42H56N6O10/c1-24(2)19-30(35(50)39(54)44-22-32(49)46-33(36(43)51)25-13-8-6-9-14-25)45-38(53)31-21-29(58-42(3,4)5)23-48(31)40(55)34(26-15-10-7-11-16-26)47-37(52)27-17-12-18-28(20-27)41(56)57/h6,8-9,12-14,17-18,20,24,26,29-31,33-34H,7,10-11,15-16,19,21-23H2,1-5H3,(H2,43,51)(H,44,54)(H,45,53)(H,46,49)(H,47,52)(H,56,57)/t29-,30?,31+,33+,34+/m1/s1. The van der Waals surface area contributed by atoms with Crippen molar-refractivity contribution in [2.24, 2.45) is 17.6 Å². The molecule has 1 heterocycles. The van der Waals surface area contributed by atoms with Gasteiger partial charge in [-0.1, -0.05) is 69.5 Å². The Kier molecular flexibility index (Phi) is 15.7. The molecule has 0 aromatic heterocycles. The van der Waals surface area contributed by atoms with Crippen LogP contribution in [0.5, 0.6) is 0 Å². The number of primary amides is 1. The van der Waals surface area contributed by atoms with E-state index in [9.17, 15) is 43.5 Å². The summed E-state index contributed by atoms with van der Waals surface area (Å²) in [7, 11) is 0. The number of amides is 6. The van der Waals surface area contributed by atoms with Crippen molar-refractivity contribution in [3.63, 3.8) is 0 Å². The highest BCUT2D eigenvalue weighted by molar-refractivity contribution is 6.38. The van der Waals surface area contributed by atoms with Gasteiger partial charge in [0, 0.05) is 18.5 Å². The molecule has 0 bridgehead atoms. The summed E-state index contributed by atoms with van der Waals surface area (Å²) in [5, 5.41) is 19.7. The Bertz CT molecular complexity index is 1840. The van der Waals surface area contributed by atoms with Crippen molar-refractivity contribution >= 4 is 47.2 Å². The summed E-state index contributed by atoms with van der Waals surface area (Å²) < 4.78 is 6.24. The Labute approximate surface area is 338 Å². The molecule has 6 amide bonds. The maximum Gasteiger partial charge on any atom is 0.335 e. The molecule has 0 radical (unpaired) electrons. The van der Waals surface area contributed by atoms with Crippen molar-refractivity contribution in [3.05, 3.63) is 71.3 Å². The molecule has 58 heavy (non-hydrogen) atoms. The molecule has 314 valence electrons. The van der Waals surface area contributed by atoms with E-state index in [1.807, 2.05) is 20.8 Å². The number of nitrogens with one attached hydrogen (secondary N) is 4. The summed E-state index contributed by atoms with van der Waals surface area (Å²) in [6.45, 7) is 8.48. The summed E-state index contributed by atoms with van der Waals surface area (Å²) in [6, 6.07) is 9.06. The van der Waals surface area contributed by atoms with Crippen LogP contribution >= 0.6 is 0 Å². The summed E-state index contributed by atoms with van der Waals surface area (Å²) in [4.78, 5) is 107. The van der Waals surface area contributed by atoms with E-state index in [0.29, 0.717) is 18.4 Å². The van der Waals surface area contributed by atoms with Crippen LogP contribution in [0.2, 0.25) is 0 Å². The second-order valence-electron chi connectivity index (χ2n) is 16.4. The van der Waals surface area contributed by atoms with E-state index >= 15 is 0 Å². The Hall–Kier alpha value is -5.64. The second kappa shape index (κ2) is 20.2. The molecule has 1 aliphatic heterocycles. The number of carbonyl (C=O) groups excluding carboxylic acids is 7. The average Bonchev–Trinajstić information content (AvgIpc) is 3.60. The van der Waals surface area contributed by atoms with E-state index in [1.54, 1.807) is 44.2 Å². The SMILES string of the molecule is CC(C)CC(NC(=O)[C@@H]1C[C@@H](OC(C)(C)C)CN1C(=O)[C@@H](NC(=O)c1cccc(C(=O)O)c1)C1CCCCC1)C(=O)C(=O)NCC(=O)N[C@H](C(N)=O)c1ccccc1. The highest BCUT2D eigenvalue weighted by Gasteiger charge is 2.46. The maximum atomic E-state index is 14.7. The summed E-state index contributed by atoms with van der Waals surface area (Å²) >= 11 is 0. The molecule has 1 saturated carbocycles. The highest BCUT2D eigenvalue weighted by atomic mass is 16.5. The molecule has 5 atom stereocenters. The minimum atomic E-state index is -1.33. The smallest absolute Gasteiger partial charge is 0.335 e. The predicted molar refractivity (Wildman–Crippen MR) is 212 cm³/mol. The third kappa shape index (κ3) is 12.7. The second-order valence-corrected chi connectivity index (χ2v) is 16.4. The third-order valence-corrected chi connectivity index (χ3v) is 10.1. The van der Waals surface area contributed by atoms with Crippen LogP contribution in [0, 0.1) is 11.8 Å². The van der Waals surface area contributed by atoms with Crippen LogP contribution in [-0.4, -0.2) is 100 Å². The number of hydrogen-bond acceptors (Lipinski definition) is 9. The number of ketones is 1. The van der Waals surface area contributed by atoms with Crippen LogP contribution in [0.4, 0.5) is 0 Å². The van der Waals surface area contributed by atoms with Crippen molar-refractivity contribution in [1.82, 2.24) is 26.2 Å². The first-order valence-corrected chi connectivity index (χ1v) is 19.7. The lowest BCUT2D eigenvalue weighted by molar-refractivity contribution is -0.143. The van der Waals surface area contributed by atoms with Crippen LogP contribution in [0.3, 0.4) is 0 Å². The molecule has 2 aliphatic rings. The fourth-order valence-corrected chi connectivity index (χ4v) is 7.47. The van der Waals surface area contributed by atoms with Gasteiger partial charge in [-0.15, -0.1) is 0 Å². The van der Waals surface area contributed by atoms with Gasteiger partial charge in [-0.2, -0.15) is 0 Å². The molecule has 7 N–H and O–H groups in total. The molecule has 1 unspecified atom stereocenters. The first kappa shape index (κ1) is 45.1. The van der Waals surface area contributed by atoms with Crippen LogP contribution in [0.1, 0.15) is 112 Å². The summed E-state index contributed by atoms with van der Waals surface area (Å²) in [5.41, 5.74) is 5.24. The van der Waals surface area contributed by atoms with Crippen LogP contribution in [0.25, 0.3) is 0 Å². The number of rotatable bonds is 17. The first-order chi connectivity index (χ1) is 27.3. The lowest BCUT2D eigenvalue weighted by Gasteiger charge is -2.35. The number of carboxylic acid groups (broad SMARTS) is 1. The average molecular weight is 805 g/mol. The van der Waals surface area contributed by atoms with Crippen molar-refractivity contribution < 1.29 is 48.2 Å². The number of nitrogens with zero attached hydrogens (tertiary/aromatic N) is 1. The van der Waals surface area contributed by atoms with E-state index in [4.69, 9.17) is 10.5 Å². The molecule has 1 saturated heterocycles. The van der Waals surface area contributed by atoms with Gasteiger partial charge in [-0.3, -0.25) is 33.6 Å². The molecule has 2 aromatic rings. The quantitative estimate of drug-likeness (QED) is 0.128. The lowest BCUT2D eigenvalue weighted by Crippen LogP contribution is -2.58. The van der Waals surface area contributed by atoms with Crippen molar-refractivity contribution in [2.75, 3.05) is 13.1 Å². The number of Topliss-reactive ketones (excluding diaryl/α,β-unsaturated/α-hetero) is 1. The fourth-order valence-electron chi connectivity index (χ4n) is 7.47. The first-order valence-electron chi connectivity index (χ1n) is 19.7. The molecule has 0 spiro atoms. The normalized spacial score (nSPS) is 18.7. The molecule has 1 aliphatic carbocycles. The molecule has 16 heteroatoms. The van der Waals surface area contributed by atoms with Gasteiger partial charge in [0.2, 0.25) is 29.4 Å². The number of hydrogen-bond donors (Lipinski definition) is 6. The number of benzene rings is 2. The number of carbonyl (C=O) groups is 8. The van der Waals surface area contributed by atoms with Crippen molar-refractivity contribution in [2.45, 2.75) is 115 Å². The molecular formula is C42H56N6O10. The van der Waals surface area contributed by atoms with Crippen LogP contribution in [0.15, 0.2) is 54.6 Å². The third-order valence-electron chi connectivity index (χ3n) is 10.1.